The van der Waals surface area contributed by atoms with Crippen LogP contribution in [0.2, 0.25) is 0 Å². The van der Waals surface area contributed by atoms with E-state index in [9.17, 15) is 10.2 Å². The standard InChI is InChI=1S/C14H23N3O3/c1-3-5-14(10-18)6-8-17(9-11(14)19)13-15-7-4-12(16-13)20-2/h4,7,11,18-19H,3,5-6,8-10H2,1-2H3/t11-,14-/m1/s1. The van der Waals surface area contributed by atoms with E-state index in [0.29, 0.717) is 18.4 Å². The molecule has 2 N–H and O–H groups in total. The molecule has 6 nitrogen and oxygen atoms in total. The van der Waals surface area contributed by atoms with Gasteiger partial charge in [0.15, 0.2) is 0 Å². The largest absolute Gasteiger partial charge is 0.481 e. The highest BCUT2D eigenvalue weighted by atomic mass is 16.5. The lowest BCUT2D eigenvalue weighted by molar-refractivity contribution is -0.0373. The summed E-state index contributed by atoms with van der Waals surface area (Å²) < 4.78 is 5.09. The number of hydrogen-bond donors (Lipinski definition) is 2. The Hall–Kier alpha value is -1.40. The van der Waals surface area contributed by atoms with Crippen LogP contribution < -0.4 is 9.64 Å². The first-order chi connectivity index (χ1) is 9.65. The van der Waals surface area contributed by atoms with Crippen LogP contribution in [0.15, 0.2) is 12.3 Å². The average Bonchev–Trinajstić information content (AvgIpc) is 2.49. The molecule has 20 heavy (non-hydrogen) atoms. The molecule has 0 aromatic carbocycles. The summed E-state index contributed by atoms with van der Waals surface area (Å²) in [7, 11) is 1.56. The summed E-state index contributed by atoms with van der Waals surface area (Å²) in [6.07, 6.45) is 3.59. The minimum atomic E-state index is -0.573. The molecule has 2 atom stereocenters. The van der Waals surface area contributed by atoms with E-state index >= 15 is 0 Å². The van der Waals surface area contributed by atoms with Gasteiger partial charge in [-0.25, -0.2) is 4.98 Å². The Morgan fingerprint density at radius 2 is 2.35 bits per heavy atom. The minimum absolute atomic E-state index is 0.0226. The number of methoxy groups -OCH3 is 1. The normalized spacial score (nSPS) is 26.6. The summed E-state index contributed by atoms with van der Waals surface area (Å²) in [4.78, 5) is 10.5. The van der Waals surface area contributed by atoms with Crippen LogP contribution >= 0.6 is 0 Å². The molecule has 0 radical (unpaired) electrons. The summed E-state index contributed by atoms with van der Waals surface area (Å²) in [6, 6.07) is 1.69. The molecule has 1 aromatic heterocycles. The first kappa shape index (κ1) is 15.0. The van der Waals surface area contributed by atoms with Gasteiger partial charge >= 0.3 is 0 Å². The number of ether oxygens (including phenoxy) is 1. The van der Waals surface area contributed by atoms with Crippen molar-refractivity contribution in [2.24, 2.45) is 5.41 Å². The second-order valence-corrected chi connectivity index (χ2v) is 5.38. The number of β-amino-alcohol motifs (C(OH)–C–C–N with tert-alkyl or cyclic N) is 1. The Morgan fingerprint density at radius 1 is 1.55 bits per heavy atom. The third-order valence-corrected chi connectivity index (χ3v) is 4.15. The highest BCUT2D eigenvalue weighted by Gasteiger charge is 2.41. The van der Waals surface area contributed by atoms with E-state index in [1.165, 1.54) is 0 Å². The van der Waals surface area contributed by atoms with E-state index in [4.69, 9.17) is 4.74 Å². The van der Waals surface area contributed by atoms with E-state index in [1.54, 1.807) is 19.4 Å². The molecule has 112 valence electrons. The van der Waals surface area contributed by atoms with Gasteiger partial charge in [0.1, 0.15) is 0 Å². The van der Waals surface area contributed by atoms with E-state index in [0.717, 1.165) is 25.8 Å². The molecule has 1 fully saturated rings. The molecule has 2 rings (SSSR count). The zero-order valence-corrected chi connectivity index (χ0v) is 12.1. The first-order valence-electron chi connectivity index (χ1n) is 7.06. The monoisotopic (exact) mass is 281 g/mol. The van der Waals surface area contributed by atoms with Crippen molar-refractivity contribution in [1.29, 1.82) is 0 Å². The fourth-order valence-electron chi connectivity index (χ4n) is 2.85. The molecule has 0 saturated carbocycles. The molecular weight excluding hydrogens is 258 g/mol. The van der Waals surface area contributed by atoms with Crippen molar-refractivity contribution in [2.45, 2.75) is 32.3 Å². The van der Waals surface area contributed by atoms with Gasteiger partial charge in [0.2, 0.25) is 11.8 Å². The second kappa shape index (κ2) is 6.37. The molecular formula is C14H23N3O3. The highest BCUT2D eigenvalue weighted by molar-refractivity contribution is 5.33. The summed E-state index contributed by atoms with van der Waals surface area (Å²) >= 11 is 0. The van der Waals surface area contributed by atoms with Crippen molar-refractivity contribution in [3.63, 3.8) is 0 Å². The summed E-state index contributed by atoms with van der Waals surface area (Å²) in [5, 5.41) is 20.1. The highest BCUT2D eigenvalue weighted by Crippen LogP contribution is 2.36. The van der Waals surface area contributed by atoms with Crippen LogP contribution in [-0.2, 0) is 0 Å². The lowest BCUT2D eigenvalue weighted by Gasteiger charge is -2.44. The number of aliphatic hydroxyl groups is 2. The molecule has 0 bridgehead atoms. The Bertz CT molecular complexity index is 443. The van der Waals surface area contributed by atoms with Crippen LogP contribution in [0.4, 0.5) is 5.95 Å². The lowest BCUT2D eigenvalue weighted by Crippen LogP contribution is -2.53. The van der Waals surface area contributed by atoms with Crippen molar-refractivity contribution in [3.8, 4) is 5.88 Å². The van der Waals surface area contributed by atoms with Crippen LogP contribution in [0.3, 0.4) is 0 Å². The van der Waals surface area contributed by atoms with Gasteiger partial charge in [-0.2, -0.15) is 4.98 Å². The maximum Gasteiger partial charge on any atom is 0.228 e. The molecule has 2 heterocycles. The summed E-state index contributed by atoms with van der Waals surface area (Å²) in [5.41, 5.74) is -0.385. The number of nitrogens with zero attached hydrogens (tertiary/aromatic N) is 3. The first-order valence-corrected chi connectivity index (χ1v) is 7.06. The van der Waals surface area contributed by atoms with E-state index in [2.05, 4.69) is 16.9 Å². The molecule has 1 aliphatic rings. The Morgan fingerprint density at radius 3 is 2.95 bits per heavy atom. The Labute approximate surface area is 119 Å². The minimum Gasteiger partial charge on any atom is -0.481 e. The topological polar surface area (TPSA) is 78.7 Å². The molecule has 1 aromatic rings. The third kappa shape index (κ3) is 2.86. The quantitative estimate of drug-likeness (QED) is 0.832. The lowest BCUT2D eigenvalue weighted by atomic mass is 9.73. The molecule has 0 spiro atoms. The van der Waals surface area contributed by atoms with Crippen molar-refractivity contribution >= 4 is 5.95 Å². The van der Waals surface area contributed by atoms with Crippen molar-refractivity contribution < 1.29 is 14.9 Å². The number of aliphatic hydroxyl groups excluding tert-OH is 2. The van der Waals surface area contributed by atoms with Gasteiger partial charge in [-0.1, -0.05) is 13.3 Å². The van der Waals surface area contributed by atoms with E-state index < -0.39 is 6.10 Å². The molecule has 0 amide bonds. The van der Waals surface area contributed by atoms with Crippen LogP contribution in [-0.4, -0.2) is 53.1 Å². The number of rotatable bonds is 5. The van der Waals surface area contributed by atoms with Gasteiger partial charge in [-0.05, 0) is 12.8 Å². The fraction of sp³-hybridized carbons (Fsp3) is 0.714. The number of aromatic nitrogens is 2. The van der Waals surface area contributed by atoms with Gasteiger partial charge in [0, 0.05) is 30.8 Å². The molecule has 0 unspecified atom stereocenters. The maximum atomic E-state index is 10.4. The van der Waals surface area contributed by atoms with E-state index in [-0.39, 0.29) is 12.0 Å². The van der Waals surface area contributed by atoms with E-state index in [1.807, 2.05) is 4.90 Å². The number of hydrogen-bond acceptors (Lipinski definition) is 6. The number of piperidine rings is 1. The zero-order chi connectivity index (χ0) is 14.6. The zero-order valence-electron chi connectivity index (χ0n) is 12.1. The van der Waals surface area contributed by atoms with Gasteiger partial charge in [0.05, 0.1) is 19.8 Å². The third-order valence-electron chi connectivity index (χ3n) is 4.15. The number of anilines is 1. The molecule has 0 aliphatic carbocycles. The molecule has 6 heteroatoms. The van der Waals surface area contributed by atoms with Gasteiger partial charge in [0.25, 0.3) is 0 Å². The maximum absolute atomic E-state index is 10.4. The summed E-state index contributed by atoms with van der Waals surface area (Å²) in [5.74, 6) is 1.07. The SMILES string of the molecule is CCC[C@]1(CO)CCN(c2nccc(OC)n2)C[C@H]1O. The average molecular weight is 281 g/mol. The molecule has 1 saturated heterocycles. The van der Waals surface area contributed by atoms with Crippen LogP contribution in [0.25, 0.3) is 0 Å². The Kier molecular flexibility index (Phi) is 4.77. The predicted molar refractivity (Wildman–Crippen MR) is 75.8 cm³/mol. The second-order valence-electron chi connectivity index (χ2n) is 5.38. The van der Waals surface area contributed by atoms with Crippen LogP contribution in [0, 0.1) is 5.41 Å². The smallest absolute Gasteiger partial charge is 0.228 e. The van der Waals surface area contributed by atoms with Crippen LogP contribution in [0.5, 0.6) is 5.88 Å². The van der Waals surface area contributed by atoms with Gasteiger partial charge in [-0.15, -0.1) is 0 Å². The van der Waals surface area contributed by atoms with Crippen molar-refractivity contribution in [2.75, 3.05) is 31.7 Å². The van der Waals surface area contributed by atoms with Gasteiger partial charge in [-0.3, -0.25) is 0 Å². The Balaban J connectivity index is 2.11. The molecule has 1 aliphatic heterocycles. The predicted octanol–water partition coefficient (Wildman–Crippen LogP) is 0.835. The van der Waals surface area contributed by atoms with Crippen molar-refractivity contribution in [1.82, 2.24) is 9.97 Å². The fourth-order valence-corrected chi connectivity index (χ4v) is 2.85. The van der Waals surface area contributed by atoms with Gasteiger partial charge < -0.3 is 19.8 Å². The van der Waals surface area contributed by atoms with Crippen molar-refractivity contribution in [3.05, 3.63) is 12.3 Å². The summed E-state index contributed by atoms with van der Waals surface area (Å²) in [6.45, 7) is 3.26. The van der Waals surface area contributed by atoms with Crippen LogP contribution in [0.1, 0.15) is 26.2 Å².